The lowest BCUT2D eigenvalue weighted by molar-refractivity contribution is -0.140. The Morgan fingerprint density at radius 3 is 2.65 bits per heavy atom. The summed E-state index contributed by atoms with van der Waals surface area (Å²) in [6.07, 6.45) is 7.27. The molecule has 3 N–H and O–H groups in total. The number of rotatable bonds is 3. The molecule has 3 fully saturated rings. The number of nitrogens with zero attached hydrogens (tertiary/aromatic N) is 1. The SMILES string of the molecule is CN1CCCC/C=C\[C@H]2C[C@@]2(C(=O)NS(=O)(=O)C2CC2)NC(=O)[C@@H]2C[C@@H](O)C[C@H]2C1=O. The van der Waals surface area contributed by atoms with E-state index < -0.39 is 50.6 Å². The molecule has 172 valence electrons. The zero-order chi connectivity index (χ0) is 22.4. The standard InChI is InChI=1S/C21H31N3O6S/c1-24-9-5-3-2-4-6-13-12-21(13,20(28)23-31(29,30)15-7-8-15)22-18(26)16-10-14(25)11-17(16)19(24)27/h4,6,13-17,25H,2-3,5,7-12H2,1H3,(H,22,26)(H,23,28)/b6-4-/t13-,14+,16+,17+,21+/m0/s1. The van der Waals surface area contributed by atoms with Gasteiger partial charge in [-0.1, -0.05) is 12.2 Å². The third-order valence-corrected chi connectivity index (χ3v) is 8.83. The molecule has 0 aromatic rings. The fourth-order valence-electron chi connectivity index (χ4n) is 4.81. The van der Waals surface area contributed by atoms with Crippen molar-refractivity contribution in [2.75, 3.05) is 13.6 Å². The number of carbonyl (C=O) groups is 3. The monoisotopic (exact) mass is 453 g/mol. The van der Waals surface area contributed by atoms with E-state index in [1.807, 2.05) is 12.2 Å². The van der Waals surface area contributed by atoms with E-state index in [9.17, 15) is 27.9 Å². The van der Waals surface area contributed by atoms with Crippen molar-refractivity contribution in [1.82, 2.24) is 14.9 Å². The maximum Gasteiger partial charge on any atom is 0.259 e. The summed E-state index contributed by atoms with van der Waals surface area (Å²) in [6, 6.07) is 0. The number of allylic oxidation sites excluding steroid dienone is 1. The molecule has 9 nitrogen and oxygen atoms in total. The van der Waals surface area contributed by atoms with Crippen molar-refractivity contribution >= 4 is 27.7 Å². The summed E-state index contributed by atoms with van der Waals surface area (Å²) in [5.41, 5.74) is -1.33. The van der Waals surface area contributed by atoms with Crippen molar-refractivity contribution in [3.05, 3.63) is 12.2 Å². The molecule has 5 atom stereocenters. The van der Waals surface area contributed by atoms with Gasteiger partial charge in [-0.3, -0.25) is 19.1 Å². The van der Waals surface area contributed by atoms with Gasteiger partial charge in [-0.15, -0.1) is 0 Å². The Morgan fingerprint density at radius 1 is 1.23 bits per heavy atom. The fourth-order valence-corrected chi connectivity index (χ4v) is 6.18. The lowest BCUT2D eigenvalue weighted by atomic mass is 9.93. The van der Waals surface area contributed by atoms with Crippen LogP contribution in [0.5, 0.6) is 0 Å². The number of fused-ring (bicyclic) bond motifs is 2. The molecule has 31 heavy (non-hydrogen) atoms. The van der Waals surface area contributed by atoms with Crippen molar-refractivity contribution < 1.29 is 27.9 Å². The first kappa shape index (κ1) is 22.3. The van der Waals surface area contributed by atoms with Gasteiger partial charge in [-0.2, -0.15) is 0 Å². The lowest BCUT2D eigenvalue weighted by Crippen LogP contribution is -2.54. The van der Waals surface area contributed by atoms with Crippen LogP contribution in [0.3, 0.4) is 0 Å². The third-order valence-electron chi connectivity index (χ3n) is 7.01. The molecule has 0 spiro atoms. The van der Waals surface area contributed by atoms with Crippen LogP contribution in [0.4, 0.5) is 0 Å². The van der Waals surface area contributed by atoms with Crippen LogP contribution in [-0.4, -0.2) is 66.6 Å². The molecule has 0 radical (unpaired) electrons. The number of amides is 3. The van der Waals surface area contributed by atoms with Crippen LogP contribution < -0.4 is 10.0 Å². The van der Waals surface area contributed by atoms with Crippen molar-refractivity contribution in [2.24, 2.45) is 17.8 Å². The van der Waals surface area contributed by atoms with E-state index in [1.165, 1.54) is 0 Å². The molecule has 0 unspecified atom stereocenters. The van der Waals surface area contributed by atoms with Crippen molar-refractivity contribution in [3.63, 3.8) is 0 Å². The molecule has 4 aliphatic rings. The first-order valence-corrected chi connectivity index (χ1v) is 12.7. The minimum absolute atomic E-state index is 0.147. The van der Waals surface area contributed by atoms with E-state index in [1.54, 1.807) is 11.9 Å². The second-order valence-electron chi connectivity index (χ2n) is 9.47. The van der Waals surface area contributed by atoms with E-state index in [4.69, 9.17) is 0 Å². The highest BCUT2D eigenvalue weighted by atomic mass is 32.2. The van der Waals surface area contributed by atoms with Gasteiger partial charge >= 0.3 is 0 Å². The number of carbonyl (C=O) groups excluding carboxylic acids is 3. The molecule has 4 rings (SSSR count). The van der Waals surface area contributed by atoms with Crippen molar-refractivity contribution in [1.29, 1.82) is 0 Å². The highest BCUT2D eigenvalue weighted by Crippen LogP contribution is 2.46. The van der Waals surface area contributed by atoms with Gasteiger partial charge in [-0.05, 0) is 51.4 Å². The number of aliphatic hydroxyl groups is 1. The minimum atomic E-state index is -3.74. The smallest absolute Gasteiger partial charge is 0.259 e. The Hall–Kier alpha value is -1.94. The molecular weight excluding hydrogens is 422 g/mol. The topological polar surface area (TPSA) is 133 Å². The molecule has 0 aromatic carbocycles. The summed E-state index contributed by atoms with van der Waals surface area (Å²) in [5.74, 6) is -3.06. The average molecular weight is 454 g/mol. The number of sulfonamides is 1. The van der Waals surface area contributed by atoms with Gasteiger partial charge < -0.3 is 15.3 Å². The van der Waals surface area contributed by atoms with E-state index in [0.29, 0.717) is 25.8 Å². The van der Waals surface area contributed by atoms with Crippen LogP contribution in [0.1, 0.15) is 51.4 Å². The molecule has 0 bridgehead atoms. The Kier molecular flexibility index (Phi) is 5.89. The van der Waals surface area contributed by atoms with Crippen LogP contribution in [0.2, 0.25) is 0 Å². The number of hydrogen-bond acceptors (Lipinski definition) is 6. The Balaban J connectivity index is 1.58. The maximum atomic E-state index is 13.2. The predicted octanol–water partition coefficient (Wildman–Crippen LogP) is 0.0553. The second kappa shape index (κ2) is 8.20. The maximum absolute atomic E-state index is 13.2. The van der Waals surface area contributed by atoms with Gasteiger partial charge in [0.2, 0.25) is 21.8 Å². The van der Waals surface area contributed by atoms with E-state index >= 15 is 0 Å². The Morgan fingerprint density at radius 2 is 1.94 bits per heavy atom. The first-order chi connectivity index (χ1) is 14.6. The number of nitrogens with one attached hydrogen (secondary N) is 2. The Bertz CT molecular complexity index is 899. The molecule has 1 heterocycles. The van der Waals surface area contributed by atoms with Crippen LogP contribution in [-0.2, 0) is 24.4 Å². The third kappa shape index (κ3) is 4.50. The van der Waals surface area contributed by atoms with Crippen LogP contribution >= 0.6 is 0 Å². The molecule has 3 amide bonds. The summed E-state index contributed by atoms with van der Waals surface area (Å²) in [5, 5.41) is 12.4. The van der Waals surface area contributed by atoms with Crippen LogP contribution in [0, 0.1) is 17.8 Å². The normalized spacial score (nSPS) is 37.8. The molecular formula is C21H31N3O6S. The summed E-state index contributed by atoms with van der Waals surface area (Å²) in [4.78, 5) is 40.7. The van der Waals surface area contributed by atoms with Crippen LogP contribution in [0.15, 0.2) is 12.2 Å². The number of hydrogen-bond donors (Lipinski definition) is 3. The quantitative estimate of drug-likeness (QED) is 0.518. The largest absolute Gasteiger partial charge is 0.393 e. The first-order valence-electron chi connectivity index (χ1n) is 11.1. The van der Waals surface area contributed by atoms with Gasteiger partial charge in [0.1, 0.15) is 5.54 Å². The van der Waals surface area contributed by atoms with Crippen LogP contribution in [0.25, 0.3) is 0 Å². The van der Waals surface area contributed by atoms with Crippen molar-refractivity contribution in [3.8, 4) is 0 Å². The minimum Gasteiger partial charge on any atom is -0.393 e. The summed E-state index contributed by atoms with van der Waals surface area (Å²) in [6.45, 7) is 0.586. The Labute approximate surface area is 182 Å². The predicted molar refractivity (Wildman–Crippen MR) is 112 cm³/mol. The van der Waals surface area contributed by atoms with Gasteiger partial charge in [0, 0.05) is 19.5 Å². The summed E-state index contributed by atoms with van der Waals surface area (Å²) < 4.78 is 26.8. The molecule has 1 aliphatic heterocycles. The van der Waals surface area contributed by atoms with Gasteiger partial charge in [0.25, 0.3) is 5.91 Å². The summed E-state index contributed by atoms with van der Waals surface area (Å²) >= 11 is 0. The zero-order valence-corrected chi connectivity index (χ0v) is 18.6. The van der Waals surface area contributed by atoms with E-state index in [-0.39, 0.29) is 24.7 Å². The highest BCUT2D eigenvalue weighted by Gasteiger charge is 2.62. The van der Waals surface area contributed by atoms with Crippen molar-refractivity contribution in [2.45, 2.75) is 68.3 Å². The molecule has 10 heteroatoms. The average Bonchev–Trinajstić information content (AvgIpc) is 3.61. The highest BCUT2D eigenvalue weighted by molar-refractivity contribution is 7.91. The molecule has 3 aliphatic carbocycles. The summed E-state index contributed by atoms with van der Waals surface area (Å²) in [7, 11) is -2.04. The molecule has 3 saturated carbocycles. The van der Waals surface area contributed by atoms with E-state index in [0.717, 1.165) is 19.3 Å². The second-order valence-corrected chi connectivity index (χ2v) is 11.4. The van der Waals surface area contributed by atoms with Gasteiger partial charge in [0.05, 0.1) is 23.2 Å². The molecule has 0 aromatic heterocycles. The zero-order valence-electron chi connectivity index (χ0n) is 17.7. The molecule has 0 saturated heterocycles. The lowest BCUT2D eigenvalue weighted by Gasteiger charge is -2.26. The number of aliphatic hydroxyl groups excluding tert-OH is 1. The fraction of sp³-hybridized carbons (Fsp3) is 0.762. The van der Waals surface area contributed by atoms with E-state index in [2.05, 4.69) is 10.0 Å². The van der Waals surface area contributed by atoms with Gasteiger partial charge in [-0.25, -0.2) is 8.42 Å². The van der Waals surface area contributed by atoms with Gasteiger partial charge in [0.15, 0.2) is 0 Å².